The van der Waals surface area contributed by atoms with Gasteiger partial charge in [0.25, 0.3) is 0 Å². The number of hydrogen-bond donors (Lipinski definition) is 1. The summed E-state index contributed by atoms with van der Waals surface area (Å²) in [6.07, 6.45) is 9.52. The monoisotopic (exact) mass is 342 g/mol. The van der Waals surface area contributed by atoms with Crippen molar-refractivity contribution in [1.29, 1.82) is 0 Å². The minimum atomic E-state index is -0.213. The summed E-state index contributed by atoms with van der Waals surface area (Å²) in [5.74, 6) is 3.15. The molecular weight excluding hydrogens is 316 g/mol. The molecule has 5 fully saturated rings. The van der Waals surface area contributed by atoms with E-state index in [4.69, 9.17) is 4.42 Å². The Morgan fingerprint density at radius 2 is 1.88 bits per heavy atom. The summed E-state index contributed by atoms with van der Waals surface area (Å²) < 4.78 is 5.34. The van der Waals surface area contributed by atoms with Gasteiger partial charge in [0.1, 0.15) is 5.76 Å². The van der Waals surface area contributed by atoms with Gasteiger partial charge in [-0.25, -0.2) is 0 Å². The van der Waals surface area contributed by atoms with E-state index in [9.17, 15) is 9.59 Å². The average molecular weight is 342 g/mol. The highest BCUT2D eigenvalue weighted by atomic mass is 16.3. The summed E-state index contributed by atoms with van der Waals surface area (Å²) in [4.78, 5) is 26.9. The second-order valence-electron chi connectivity index (χ2n) is 8.94. The van der Waals surface area contributed by atoms with Gasteiger partial charge < -0.3 is 14.6 Å². The van der Waals surface area contributed by atoms with Gasteiger partial charge in [-0.1, -0.05) is 0 Å². The van der Waals surface area contributed by atoms with Crippen LogP contribution in [0.5, 0.6) is 0 Å². The highest BCUT2D eigenvalue weighted by molar-refractivity contribution is 5.89. The smallest absolute Gasteiger partial charge is 0.225 e. The maximum absolute atomic E-state index is 12.9. The van der Waals surface area contributed by atoms with Crippen LogP contribution in [0.15, 0.2) is 22.8 Å². The van der Waals surface area contributed by atoms with E-state index in [0.29, 0.717) is 19.5 Å². The standard InChI is InChI=1S/C20H26N2O3/c23-18-7-16(11-22(18)12-17-2-1-3-25-17)19(24)21-20-8-13-4-14(9-20)6-15(5-13)10-20/h1-3,13-16H,4-12H2,(H,21,24)/t13?,14?,15?,16-,20?/m1/s1. The topological polar surface area (TPSA) is 62.6 Å². The Kier molecular flexibility index (Phi) is 3.47. The van der Waals surface area contributed by atoms with E-state index in [-0.39, 0.29) is 23.3 Å². The van der Waals surface area contributed by atoms with Crippen LogP contribution >= 0.6 is 0 Å². The van der Waals surface area contributed by atoms with Crippen LogP contribution in [0.25, 0.3) is 0 Å². The van der Waals surface area contributed by atoms with Crippen LogP contribution in [-0.2, 0) is 16.1 Å². The summed E-state index contributed by atoms with van der Waals surface area (Å²) in [5.41, 5.74) is 0.0311. The van der Waals surface area contributed by atoms with Crippen molar-refractivity contribution in [2.24, 2.45) is 23.7 Å². The Morgan fingerprint density at radius 1 is 1.20 bits per heavy atom. The van der Waals surface area contributed by atoms with Crippen LogP contribution in [0.3, 0.4) is 0 Å². The van der Waals surface area contributed by atoms with E-state index in [1.165, 1.54) is 19.3 Å². The van der Waals surface area contributed by atoms with E-state index < -0.39 is 0 Å². The quantitative estimate of drug-likeness (QED) is 0.915. The molecule has 1 aromatic heterocycles. The van der Waals surface area contributed by atoms with Gasteiger partial charge in [0.05, 0.1) is 18.7 Å². The molecule has 1 saturated heterocycles. The summed E-state index contributed by atoms with van der Waals surface area (Å²) in [5, 5.41) is 3.43. The van der Waals surface area contributed by atoms with Gasteiger partial charge in [-0.05, 0) is 68.4 Å². The predicted molar refractivity (Wildman–Crippen MR) is 91.3 cm³/mol. The fraction of sp³-hybridized carbons (Fsp3) is 0.700. The Morgan fingerprint density at radius 3 is 2.48 bits per heavy atom. The number of carbonyl (C=O) groups is 2. The number of hydrogen-bond acceptors (Lipinski definition) is 3. The largest absolute Gasteiger partial charge is 0.467 e. The lowest BCUT2D eigenvalue weighted by Gasteiger charge is -2.57. The first-order valence-electron chi connectivity index (χ1n) is 9.71. The van der Waals surface area contributed by atoms with Crippen LogP contribution in [0, 0.1) is 23.7 Å². The van der Waals surface area contributed by atoms with E-state index in [1.807, 2.05) is 12.1 Å². The van der Waals surface area contributed by atoms with E-state index in [1.54, 1.807) is 11.2 Å². The summed E-state index contributed by atoms with van der Waals surface area (Å²) >= 11 is 0. The second kappa shape index (κ2) is 5.61. The number of rotatable bonds is 4. The van der Waals surface area contributed by atoms with Crippen LogP contribution < -0.4 is 5.32 Å². The number of furan rings is 1. The molecule has 0 unspecified atom stereocenters. The van der Waals surface area contributed by atoms with Crippen LogP contribution in [0.1, 0.15) is 50.7 Å². The number of likely N-dealkylation sites (tertiary alicyclic amines) is 1. The molecule has 5 heteroatoms. The second-order valence-corrected chi connectivity index (χ2v) is 8.94. The molecule has 2 amide bonds. The summed E-state index contributed by atoms with van der Waals surface area (Å²) in [7, 11) is 0. The van der Waals surface area contributed by atoms with Gasteiger partial charge in [-0.15, -0.1) is 0 Å². The first kappa shape index (κ1) is 15.5. The molecule has 25 heavy (non-hydrogen) atoms. The van der Waals surface area contributed by atoms with Gasteiger partial charge in [0.2, 0.25) is 11.8 Å². The van der Waals surface area contributed by atoms with Gasteiger partial charge in [0.15, 0.2) is 0 Å². The minimum Gasteiger partial charge on any atom is -0.467 e. The molecule has 6 rings (SSSR count). The molecule has 1 aromatic rings. The maximum Gasteiger partial charge on any atom is 0.225 e. The zero-order valence-electron chi connectivity index (χ0n) is 14.6. The first-order valence-corrected chi connectivity index (χ1v) is 9.71. The van der Waals surface area contributed by atoms with Crippen molar-refractivity contribution in [3.63, 3.8) is 0 Å². The molecule has 134 valence electrons. The highest BCUT2D eigenvalue weighted by Gasteiger charge is 2.52. The molecule has 2 heterocycles. The van der Waals surface area contributed by atoms with Crippen LogP contribution in [0.2, 0.25) is 0 Å². The van der Waals surface area contributed by atoms with Crippen molar-refractivity contribution in [2.45, 2.75) is 57.0 Å². The average Bonchev–Trinajstić information content (AvgIpc) is 3.16. The van der Waals surface area contributed by atoms with Crippen LogP contribution in [0.4, 0.5) is 0 Å². The molecule has 5 nitrogen and oxygen atoms in total. The molecule has 1 atom stereocenters. The molecule has 5 aliphatic rings. The van der Waals surface area contributed by atoms with Crippen molar-refractivity contribution in [3.8, 4) is 0 Å². The number of carbonyl (C=O) groups excluding carboxylic acids is 2. The van der Waals surface area contributed by atoms with Gasteiger partial charge >= 0.3 is 0 Å². The fourth-order valence-electron chi connectivity index (χ4n) is 6.32. The maximum atomic E-state index is 12.9. The van der Waals surface area contributed by atoms with Crippen LogP contribution in [-0.4, -0.2) is 28.8 Å². The summed E-state index contributed by atoms with van der Waals surface area (Å²) in [6.45, 7) is 0.977. The molecule has 4 aliphatic carbocycles. The third kappa shape index (κ3) is 2.77. The Hall–Kier alpha value is -1.78. The van der Waals surface area contributed by atoms with Crippen molar-refractivity contribution < 1.29 is 14.0 Å². The Labute approximate surface area is 148 Å². The third-order valence-corrected chi connectivity index (χ3v) is 6.94. The third-order valence-electron chi connectivity index (χ3n) is 6.94. The lowest BCUT2D eigenvalue weighted by Crippen LogP contribution is -2.60. The number of amides is 2. The lowest BCUT2D eigenvalue weighted by atomic mass is 9.53. The molecule has 1 aliphatic heterocycles. The fourth-order valence-corrected chi connectivity index (χ4v) is 6.32. The lowest BCUT2D eigenvalue weighted by molar-refractivity contribution is -0.132. The molecule has 0 radical (unpaired) electrons. The number of nitrogens with one attached hydrogen (secondary N) is 1. The predicted octanol–water partition coefficient (Wildman–Crippen LogP) is 2.71. The molecule has 1 N–H and O–H groups in total. The zero-order chi connectivity index (χ0) is 17.0. The highest BCUT2D eigenvalue weighted by Crippen LogP contribution is 2.55. The van der Waals surface area contributed by atoms with E-state index in [0.717, 1.165) is 42.8 Å². The number of nitrogens with zero attached hydrogens (tertiary/aromatic N) is 1. The van der Waals surface area contributed by atoms with E-state index >= 15 is 0 Å². The normalized spacial score (nSPS) is 39.2. The molecule has 4 bridgehead atoms. The molecule has 0 spiro atoms. The Bertz CT molecular complexity index is 646. The van der Waals surface area contributed by atoms with Gasteiger partial charge in [-0.2, -0.15) is 0 Å². The summed E-state index contributed by atoms with van der Waals surface area (Å²) in [6, 6.07) is 3.70. The first-order chi connectivity index (χ1) is 12.1. The van der Waals surface area contributed by atoms with Gasteiger partial charge in [0, 0.05) is 18.5 Å². The van der Waals surface area contributed by atoms with Crippen molar-refractivity contribution >= 4 is 11.8 Å². The SMILES string of the molecule is O=C(NC12CC3CC(CC(C3)C1)C2)[C@@H]1CC(=O)N(Cc2ccco2)C1. The molecular formula is C20H26N2O3. The Balaban J connectivity index is 1.24. The van der Waals surface area contributed by atoms with Crippen molar-refractivity contribution in [2.75, 3.05) is 6.54 Å². The minimum absolute atomic E-state index is 0.0311. The molecule has 0 aromatic carbocycles. The van der Waals surface area contributed by atoms with Gasteiger partial charge in [-0.3, -0.25) is 9.59 Å². The van der Waals surface area contributed by atoms with Crippen molar-refractivity contribution in [3.05, 3.63) is 24.2 Å². The molecule has 4 saturated carbocycles. The van der Waals surface area contributed by atoms with Crippen molar-refractivity contribution in [1.82, 2.24) is 10.2 Å². The zero-order valence-corrected chi connectivity index (χ0v) is 14.6. The van der Waals surface area contributed by atoms with E-state index in [2.05, 4.69) is 5.32 Å².